The van der Waals surface area contributed by atoms with Crippen molar-refractivity contribution in [1.82, 2.24) is 14.8 Å². The molecule has 0 aliphatic rings. The molecule has 7 aromatic rings. The third kappa shape index (κ3) is 4.69. The number of halogens is 1. The quantitative estimate of drug-likeness (QED) is 0.115. The zero-order valence-electron chi connectivity index (χ0n) is 21.9. The normalized spacial score (nSPS) is 11.7. The highest BCUT2D eigenvalue weighted by molar-refractivity contribution is 7.11. The van der Waals surface area contributed by atoms with Gasteiger partial charge < -0.3 is 4.42 Å². The van der Waals surface area contributed by atoms with Crippen LogP contribution in [0.4, 0.5) is 0 Å². The fraction of sp³-hybridized carbons (Fsp3) is 0. The molecule has 6 nitrogen and oxygen atoms in total. The molecule has 0 N–H and O–H groups in total. The van der Waals surface area contributed by atoms with Crippen LogP contribution in [0.1, 0.15) is 10.6 Å². The van der Waals surface area contributed by atoms with Crippen molar-refractivity contribution in [3.8, 4) is 34.3 Å². The number of benzene rings is 4. The number of fused-ring (bicyclic) bond motifs is 3. The maximum atomic E-state index is 13.0. The first-order valence-electron chi connectivity index (χ1n) is 13.0. The fourth-order valence-electron chi connectivity index (χ4n) is 4.91. The van der Waals surface area contributed by atoms with Gasteiger partial charge >= 0.3 is 5.63 Å². The van der Waals surface area contributed by atoms with Gasteiger partial charge in [0.1, 0.15) is 16.7 Å². The summed E-state index contributed by atoms with van der Waals surface area (Å²) >= 11 is 7.43. The lowest BCUT2D eigenvalue weighted by atomic mass is 10.0. The summed E-state index contributed by atoms with van der Waals surface area (Å²) in [6, 6.07) is 32.9. The Morgan fingerprint density at radius 2 is 1.74 bits per heavy atom. The Bertz CT molecular complexity index is 2240. The molecule has 0 aliphatic heterocycles. The van der Waals surface area contributed by atoms with Gasteiger partial charge in [0.25, 0.3) is 0 Å². The van der Waals surface area contributed by atoms with Crippen molar-refractivity contribution in [1.29, 1.82) is 5.26 Å². The molecule has 0 atom stereocenters. The molecule has 0 amide bonds. The molecule has 3 heterocycles. The highest BCUT2D eigenvalue weighted by atomic mass is 35.5. The molecule has 0 bridgehead atoms. The third-order valence-electron chi connectivity index (χ3n) is 6.95. The molecule has 7 rings (SSSR count). The number of rotatable bonds is 5. The minimum atomic E-state index is -0.480. The Kier molecular flexibility index (Phi) is 6.48. The number of nitriles is 1. The molecule has 42 heavy (non-hydrogen) atoms. The summed E-state index contributed by atoms with van der Waals surface area (Å²) in [5.41, 5.74) is 4.37. The van der Waals surface area contributed by atoms with Crippen molar-refractivity contribution in [2.45, 2.75) is 0 Å². The zero-order valence-corrected chi connectivity index (χ0v) is 23.4. The summed E-state index contributed by atoms with van der Waals surface area (Å²) in [7, 11) is 0. The van der Waals surface area contributed by atoms with E-state index in [1.54, 1.807) is 22.2 Å². The van der Waals surface area contributed by atoms with Gasteiger partial charge in [-0.05, 0) is 53.2 Å². The van der Waals surface area contributed by atoms with E-state index in [9.17, 15) is 10.1 Å². The topological polar surface area (TPSA) is 84.7 Å². The number of allylic oxidation sites excluding steroid dienone is 1. The number of nitrogens with zero attached hydrogens (tertiary/aromatic N) is 4. The second-order valence-electron chi connectivity index (χ2n) is 9.57. The van der Waals surface area contributed by atoms with Gasteiger partial charge in [-0.2, -0.15) is 10.4 Å². The van der Waals surface area contributed by atoms with Crippen molar-refractivity contribution in [3.05, 3.63) is 135 Å². The Balaban J connectivity index is 1.32. The van der Waals surface area contributed by atoms with E-state index in [2.05, 4.69) is 6.07 Å². The molecule has 200 valence electrons. The van der Waals surface area contributed by atoms with Crippen LogP contribution in [0.15, 0.2) is 118 Å². The number of hydrogen-bond acceptors (Lipinski definition) is 6. The van der Waals surface area contributed by atoms with Crippen molar-refractivity contribution < 1.29 is 4.42 Å². The largest absolute Gasteiger partial charge is 0.422 e. The molecule has 0 unspecified atom stereocenters. The summed E-state index contributed by atoms with van der Waals surface area (Å²) in [6.45, 7) is 0. The van der Waals surface area contributed by atoms with Gasteiger partial charge in [-0.15, -0.1) is 11.3 Å². The van der Waals surface area contributed by atoms with E-state index in [0.717, 1.165) is 33.0 Å². The molecule has 0 spiro atoms. The van der Waals surface area contributed by atoms with Crippen LogP contribution in [0, 0.1) is 11.3 Å². The van der Waals surface area contributed by atoms with Gasteiger partial charge in [-0.1, -0.05) is 72.3 Å². The van der Waals surface area contributed by atoms with E-state index in [0.29, 0.717) is 38.1 Å². The molecule has 3 aromatic heterocycles. The minimum Gasteiger partial charge on any atom is -0.422 e. The molecule has 0 radical (unpaired) electrons. The second kappa shape index (κ2) is 10.6. The maximum Gasteiger partial charge on any atom is 0.345 e. The average molecular weight is 583 g/mol. The Morgan fingerprint density at radius 3 is 2.55 bits per heavy atom. The lowest BCUT2D eigenvalue weighted by Gasteiger charge is -2.04. The van der Waals surface area contributed by atoms with E-state index in [-0.39, 0.29) is 0 Å². The summed E-state index contributed by atoms with van der Waals surface area (Å²) in [4.78, 5) is 17.7. The van der Waals surface area contributed by atoms with Crippen LogP contribution in [0.2, 0.25) is 5.02 Å². The molecule has 0 fully saturated rings. The minimum absolute atomic E-state index is 0.345. The molecular formula is C34H19ClN4O2S. The fourth-order valence-corrected chi connectivity index (χ4v) is 5.82. The highest BCUT2D eigenvalue weighted by Crippen LogP contribution is 2.32. The summed E-state index contributed by atoms with van der Waals surface area (Å²) in [5, 5.41) is 20.8. The van der Waals surface area contributed by atoms with E-state index in [4.69, 9.17) is 26.1 Å². The lowest BCUT2D eigenvalue weighted by molar-refractivity contribution is 0.563. The van der Waals surface area contributed by atoms with Crippen LogP contribution >= 0.6 is 22.9 Å². The summed E-state index contributed by atoms with van der Waals surface area (Å²) in [5.74, 6) is 0. The van der Waals surface area contributed by atoms with Gasteiger partial charge in [0.2, 0.25) is 0 Å². The van der Waals surface area contributed by atoms with Crippen LogP contribution in [-0.4, -0.2) is 14.8 Å². The third-order valence-corrected chi connectivity index (χ3v) is 8.08. The first kappa shape index (κ1) is 25.7. The first-order chi connectivity index (χ1) is 20.6. The van der Waals surface area contributed by atoms with Crippen molar-refractivity contribution in [3.63, 3.8) is 0 Å². The first-order valence-corrected chi connectivity index (χ1v) is 14.3. The van der Waals surface area contributed by atoms with Gasteiger partial charge in [0.05, 0.1) is 28.2 Å². The highest BCUT2D eigenvalue weighted by Gasteiger charge is 2.17. The average Bonchev–Trinajstić information content (AvgIpc) is 3.68. The van der Waals surface area contributed by atoms with Crippen LogP contribution in [0.3, 0.4) is 0 Å². The number of aromatic nitrogens is 3. The molecule has 4 aromatic carbocycles. The van der Waals surface area contributed by atoms with E-state index in [1.807, 2.05) is 97.2 Å². The van der Waals surface area contributed by atoms with Gasteiger partial charge in [-0.25, -0.2) is 14.5 Å². The summed E-state index contributed by atoms with van der Waals surface area (Å²) < 4.78 is 7.45. The molecule has 8 heteroatoms. The van der Waals surface area contributed by atoms with Crippen LogP contribution in [-0.2, 0) is 0 Å². The monoisotopic (exact) mass is 582 g/mol. The zero-order chi connectivity index (χ0) is 28.6. The smallest absolute Gasteiger partial charge is 0.345 e. The number of hydrogen-bond donors (Lipinski definition) is 0. The van der Waals surface area contributed by atoms with Crippen molar-refractivity contribution >= 4 is 56.3 Å². The van der Waals surface area contributed by atoms with Gasteiger partial charge in [0, 0.05) is 33.1 Å². The lowest BCUT2D eigenvalue weighted by Crippen LogP contribution is -2.03. The van der Waals surface area contributed by atoms with Crippen LogP contribution in [0.25, 0.3) is 61.6 Å². The number of para-hydroxylation sites is 1. The van der Waals surface area contributed by atoms with E-state index in [1.165, 1.54) is 11.3 Å². The maximum absolute atomic E-state index is 13.0. The molecular weight excluding hydrogens is 564 g/mol. The predicted molar refractivity (Wildman–Crippen MR) is 169 cm³/mol. The summed E-state index contributed by atoms with van der Waals surface area (Å²) in [6.07, 6.45) is 3.66. The van der Waals surface area contributed by atoms with Gasteiger partial charge in [0.15, 0.2) is 0 Å². The molecule has 0 aliphatic carbocycles. The van der Waals surface area contributed by atoms with E-state index < -0.39 is 5.63 Å². The Labute approximate surface area is 249 Å². The van der Waals surface area contributed by atoms with E-state index >= 15 is 0 Å². The van der Waals surface area contributed by atoms with Gasteiger partial charge in [-0.3, -0.25) is 0 Å². The molecule has 0 saturated carbocycles. The van der Waals surface area contributed by atoms with Crippen molar-refractivity contribution in [2.75, 3.05) is 0 Å². The van der Waals surface area contributed by atoms with Crippen LogP contribution in [0.5, 0.6) is 0 Å². The van der Waals surface area contributed by atoms with Crippen molar-refractivity contribution in [2.24, 2.45) is 0 Å². The standard InChI is InChI=1S/C34H19ClN4O2S/c35-25-13-10-22(11-14-25)32-24(19-39(38-32)26-7-2-1-3-8-26)16-23(18-36)33-37-30(20-42-33)29-17-28-27-9-5-4-6-21(27)12-15-31(28)41-34(29)40/h1-17,19-20H. The Hall–Kier alpha value is -5.29. The Morgan fingerprint density at radius 1 is 0.952 bits per heavy atom. The SMILES string of the molecule is N#CC(=Cc1cn(-c2ccccc2)nc1-c1ccc(Cl)cc1)c1nc(-c2cc3c(ccc4ccccc43)oc2=O)cs1. The molecule has 0 saturated heterocycles. The number of thiazole rings is 1. The predicted octanol–water partition coefficient (Wildman–Crippen LogP) is 8.64. The van der Waals surface area contributed by atoms with Crippen LogP contribution < -0.4 is 5.63 Å². The second-order valence-corrected chi connectivity index (χ2v) is 10.9.